The Labute approximate surface area is 346 Å². The number of para-hydroxylation sites is 2. The number of nitrogens with zero attached hydrogens (tertiary/aromatic N) is 7. The van der Waals surface area contributed by atoms with Gasteiger partial charge in [-0.05, 0) is 78.7 Å². The molecule has 8 rings (SSSR count). The molecule has 0 aliphatic heterocycles. The van der Waals surface area contributed by atoms with Crippen molar-refractivity contribution >= 4 is 11.8 Å². The lowest BCUT2D eigenvalue weighted by molar-refractivity contribution is -0.136. The predicted molar refractivity (Wildman–Crippen MR) is 225 cm³/mol. The maximum absolute atomic E-state index is 11.9. The van der Waals surface area contributed by atoms with Crippen LogP contribution in [0.4, 0.5) is 0 Å². The van der Waals surface area contributed by atoms with Gasteiger partial charge in [0.25, 0.3) is 0 Å². The van der Waals surface area contributed by atoms with Gasteiger partial charge >= 0.3 is 5.97 Å². The van der Waals surface area contributed by atoms with Gasteiger partial charge in [-0.15, -0.1) is 5.10 Å². The third-order valence-electron chi connectivity index (χ3n) is 9.42. The molecule has 0 saturated carbocycles. The van der Waals surface area contributed by atoms with E-state index in [-0.39, 0.29) is 12.2 Å². The number of aliphatic carboxylic acids is 1. The number of methoxy groups -OCH3 is 1. The van der Waals surface area contributed by atoms with E-state index in [1.165, 1.54) is 16.5 Å². The average Bonchev–Trinajstić information content (AvgIpc) is 3.99. The molecular weight excluding hydrogens is 759 g/mol. The van der Waals surface area contributed by atoms with Crippen molar-refractivity contribution in [1.82, 2.24) is 35.0 Å². The van der Waals surface area contributed by atoms with E-state index in [2.05, 4.69) is 25.4 Å². The fourth-order valence-electron chi connectivity index (χ4n) is 6.33. The zero-order valence-electron chi connectivity index (χ0n) is 33.4. The smallest absolute Gasteiger partial charge is 0.309 e. The molecular formula is C47H43N7O6. The Morgan fingerprint density at radius 3 is 1.72 bits per heavy atom. The lowest BCUT2D eigenvalue weighted by Gasteiger charge is -2.06. The first-order valence-electron chi connectivity index (χ1n) is 19.3. The van der Waals surface area contributed by atoms with Crippen molar-refractivity contribution in [2.75, 3.05) is 13.7 Å². The number of ketones is 1. The first-order chi connectivity index (χ1) is 29.2. The van der Waals surface area contributed by atoms with Crippen LogP contribution in [0.15, 0.2) is 144 Å². The summed E-state index contributed by atoms with van der Waals surface area (Å²) in [5.74, 6) is 1.92. The number of ether oxygens (including phenoxy) is 2. The molecule has 0 radical (unpaired) electrons. The number of aryl methyl sites for hydroxylation is 1. The lowest BCUT2D eigenvalue weighted by Crippen LogP contribution is -2.04. The molecule has 0 fully saturated rings. The fraction of sp³-hybridized carbons (Fsp3) is 0.170. The zero-order chi connectivity index (χ0) is 41.8. The molecule has 60 heavy (non-hydrogen) atoms. The molecule has 0 spiro atoms. The summed E-state index contributed by atoms with van der Waals surface area (Å²) in [6.07, 6.45) is 1.46. The van der Waals surface area contributed by atoms with Crippen LogP contribution in [0.3, 0.4) is 0 Å². The number of rotatable bonds is 15. The number of hydrogen-bond donors (Lipinski definition) is 1. The second-order valence-electron chi connectivity index (χ2n) is 13.8. The molecule has 8 aromatic rings. The van der Waals surface area contributed by atoms with Crippen molar-refractivity contribution in [2.24, 2.45) is 0 Å². The third-order valence-corrected chi connectivity index (χ3v) is 9.42. The summed E-state index contributed by atoms with van der Waals surface area (Å²) >= 11 is 0. The van der Waals surface area contributed by atoms with Crippen LogP contribution in [0.2, 0.25) is 0 Å². The SMILES string of the molecule is COc1ccc(Cc2nn(-c3ccccc3)nc2C(C)=O)cc1.Cc1oc(-c2ccccc2)nc1CCOc1ccc(Cc2nn(-c3ccccc3)nc2CC(=O)O)cc1. The molecule has 0 aliphatic rings. The second-order valence-corrected chi connectivity index (χ2v) is 13.8. The molecule has 0 saturated heterocycles. The van der Waals surface area contributed by atoms with E-state index in [0.717, 1.165) is 51.0 Å². The third kappa shape index (κ3) is 10.4. The highest BCUT2D eigenvalue weighted by atomic mass is 16.5. The minimum atomic E-state index is -0.941. The summed E-state index contributed by atoms with van der Waals surface area (Å²) in [6, 6.07) is 44.2. The topological polar surface area (TPSA) is 160 Å². The maximum atomic E-state index is 11.9. The molecule has 13 nitrogen and oxygen atoms in total. The summed E-state index contributed by atoms with van der Waals surface area (Å²) in [5.41, 5.74) is 7.64. The highest BCUT2D eigenvalue weighted by Gasteiger charge is 2.18. The molecule has 5 aromatic carbocycles. The molecule has 0 amide bonds. The van der Waals surface area contributed by atoms with Gasteiger partial charge in [-0.2, -0.15) is 24.9 Å². The van der Waals surface area contributed by atoms with Crippen molar-refractivity contribution in [3.05, 3.63) is 185 Å². The largest absolute Gasteiger partial charge is 0.497 e. The van der Waals surface area contributed by atoms with E-state index in [0.29, 0.717) is 54.5 Å². The number of oxazole rings is 1. The summed E-state index contributed by atoms with van der Waals surface area (Å²) in [5, 5.41) is 27.1. The Morgan fingerprint density at radius 2 is 1.15 bits per heavy atom. The second kappa shape index (κ2) is 19.2. The number of hydrogen-bond acceptors (Lipinski definition) is 10. The number of aromatic nitrogens is 7. The van der Waals surface area contributed by atoms with Gasteiger partial charge in [-0.25, -0.2) is 4.98 Å². The lowest BCUT2D eigenvalue weighted by atomic mass is 10.1. The first-order valence-corrected chi connectivity index (χ1v) is 19.3. The minimum absolute atomic E-state index is 0.0873. The van der Waals surface area contributed by atoms with Gasteiger partial charge in [-0.1, -0.05) is 78.9 Å². The number of Topliss-reactive ketones (excluding diaryl/α,β-unsaturated/α-hetero) is 1. The van der Waals surface area contributed by atoms with Crippen LogP contribution in [-0.2, 0) is 30.5 Å². The highest BCUT2D eigenvalue weighted by Crippen LogP contribution is 2.23. The zero-order valence-corrected chi connectivity index (χ0v) is 33.4. The molecule has 0 unspecified atom stereocenters. The molecule has 0 bridgehead atoms. The van der Waals surface area contributed by atoms with Crippen LogP contribution in [0.1, 0.15) is 57.1 Å². The Morgan fingerprint density at radius 1 is 0.633 bits per heavy atom. The van der Waals surface area contributed by atoms with Crippen LogP contribution < -0.4 is 9.47 Å². The molecule has 3 aromatic heterocycles. The molecule has 3 heterocycles. The molecule has 13 heteroatoms. The maximum Gasteiger partial charge on any atom is 0.309 e. The Hall–Kier alpha value is -7.67. The van der Waals surface area contributed by atoms with Crippen molar-refractivity contribution in [3.63, 3.8) is 0 Å². The van der Waals surface area contributed by atoms with Gasteiger partial charge in [0.2, 0.25) is 5.89 Å². The summed E-state index contributed by atoms with van der Waals surface area (Å²) in [4.78, 5) is 30.8. The molecule has 302 valence electrons. The predicted octanol–water partition coefficient (Wildman–Crippen LogP) is 8.14. The Bertz CT molecular complexity index is 2640. The fourth-order valence-corrected chi connectivity index (χ4v) is 6.33. The standard InChI is InChI=1S/C29H26N4O4.C18H17N3O2/c1-20-25(30-29(37-20)22-8-4-2-5-9-22)16-17-36-24-14-12-21(13-15-24)18-26-27(19-28(34)35)32-33(31-26)23-10-6-3-7-11-23;1-13(22)18-17(12-14-8-10-16(23-2)11-9-14)19-21(20-18)15-6-4-3-5-7-15/h2-15H,16-19H2,1H3,(H,34,35);3-11H,12H2,1-2H3. The number of carboxylic acids is 1. The molecule has 0 atom stereocenters. The summed E-state index contributed by atoms with van der Waals surface area (Å²) < 4.78 is 16.9. The van der Waals surface area contributed by atoms with Gasteiger partial charge in [0.15, 0.2) is 11.5 Å². The van der Waals surface area contributed by atoms with E-state index >= 15 is 0 Å². The Balaban J connectivity index is 0.000000203. The van der Waals surface area contributed by atoms with Gasteiger partial charge in [0, 0.05) is 31.7 Å². The normalized spacial score (nSPS) is 10.8. The van der Waals surface area contributed by atoms with Crippen molar-refractivity contribution in [2.45, 2.75) is 39.5 Å². The quantitative estimate of drug-likeness (QED) is 0.0997. The van der Waals surface area contributed by atoms with Gasteiger partial charge in [-0.3, -0.25) is 9.59 Å². The first kappa shape index (κ1) is 40.5. The van der Waals surface area contributed by atoms with E-state index in [1.807, 2.05) is 146 Å². The molecule has 0 aliphatic carbocycles. The van der Waals surface area contributed by atoms with Crippen LogP contribution in [0.25, 0.3) is 22.8 Å². The van der Waals surface area contributed by atoms with Gasteiger partial charge in [0.05, 0.1) is 54.3 Å². The van der Waals surface area contributed by atoms with Crippen LogP contribution in [-0.4, -0.2) is 65.5 Å². The summed E-state index contributed by atoms with van der Waals surface area (Å²) in [6.45, 7) is 3.89. The number of carboxylic acid groups (broad SMARTS) is 1. The van der Waals surface area contributed by atoms with Crippen molar-refractivity contribution in [1.29, 1.82) is 0 Å². The number of benzene rings is 5. The van der Waals surface area contributed by atoms with Crippen LogP contribution in [0.5, 0.6) is 11.5 Å². The number of carbonyl (C=O) groups is 2. The van der Waals surface area contributed by atoms with E-state index in [4.69, 9.17) is 13.9 Å². The molecule has 1 N–H and O–H groups in total. The van der Waals surface area contributed by atoms with Crippen LogP contribution in [0, 0.1) is 6.92 Å². The van der Waals surface area contributed by atoms with E-state index in [9.17, 15) is 14.7 Å². The van der Waals surface area contributed by atoms with Crippen molar-refractivity contribution in [3.8, 4) is 34.3 Å². The average molecular weight is 802 g/mol. The monoisotopic (exact) mass is 801 g/mol. The Kier molecular flexibility index (Phi) is 13.0. The minimum Gasteiger partial charge on any atom is -0.497 e. The van der Waals surface area contributed by atoms with E-state index < -0.39 is 5.97 Å². The van der Waals surface area contributed by atoms with Gasteiger partial charge < -0.3 is 19.0 Å². The van der Waals surface area contributed by atoms with Crippen LogP contribution >= 0.6 is 0 Å². The number of carbonyl (C=O) groups excluding carboxylic acids is 1. The summed E-state index contributed by atoms with van der Waals surface area (Å²) in [7, 11) is 1.63. The van der Waals surface area contributed by atoms with Crippen molar-refractivity contribution < 1.29 is 28.6 Å². The highest BCUT2D eigenvalue weighted by molar-refractivity contribution is 5.93. The van der Waals surface area contributed by atoms with E-state index in [1.54, 1.807) is 7.11 Å². The van der Waals surface area contributed by atoms with Gasteiger partial charge in [0.1, 0.15) is 17.3 Å².